The summed E-state index contributed by atoms with van der Waals surface area (Å²) < 4.78 is 4.77. The molecule has 0 N–H and O–H groups in total. The van der Waals surface area contributed by atoms with E-state index in [9.17, 15) is 0 Å². The van der Waals surface area contributed by atoms with Crippen molar-refractivity contribution in [3.63, 3.8) is 0 Å². The second-order valence-corrected chi connectivity index (χ2v) is 5.57. The number of hydrogen-bond acceptors (Lipinski definition) is 1. The maximum atomic E-state index is 4.77. The molecule has 0 aromatic heterocycles. The van der Waals surface area contributed by atoms with E-state index in [-0.39, 0.29) is 0 Å². The normalized spacial score (nSPS) is 10.7. The molecule has 1 heteroatoms. The van der Waals surface area contributed by atoms with Crippen molar-refractivity contribution in [3.8, 4) is 11.1 Å². The molecule has 2 aromatic rings. The Balaban J connectivity index is 0.000000322. The molecule has 122 valence electrons. The molecule has 2 rings (SSSR count). The molecule has 0 atom stereocenters. The van der Waals surface area contributed by atoms with E-state index in [4.69, 9.17) is 4.74 Å². The molecule has 0 heterocycles. The molecule has 1 nitrogen and oxygen atoms in total. The Kier molecular flexibility index (Phi) is 7.90. The van der Waals surface area contributed by atoms with Crippen molar-refractivity contribution in [1.29, 1.82) is 0 Å². The summed E-state index contributed by atoms with van der Waals surface area (Å²) in [7, 11) is 0. The van der Waals surface area contributed by atoms with E-state index < -0.39 is 0 Å². The van der Waals surface area contributed by atoms with Gasteiger partial charge in [0.1, 0.15) is 0 Å². The van der Waals surface area contributed by atoms with E-state index in [2.05, 4.69) is 64.1 Å². The third kappa shape index (κ3) is 5.45. The molecule has 0 spiro atoms. The van der Waals surface area contributed by atoms with E-state index in [1.54, 1.807) is 12.5 Å². The molecule has 2 aromatic carbocycles. The highest BCUT2D eigenvalue weighted by molar-refractivity contribution is 5.72. The standard InChI is InChI=1S/C16H18.C6H10O/c1-11-7-5-9-15(13(11)3)16-10-6-8-12(2)14(16)4;1-3-5-7-6-4-2/h5-10H,1-4H3;3-6H,1-2H3/b;5-3-,6-4-. The number of hydrogen-bond donors (Lipinski definition) is 0. The second kappa shape index (κ2) is 9.68. The summed E-state index contributed by atoms with van der Waals surface area (Å²) in [6, 6.07) is 13.0. The molecule has 0 aliphatic heterocycles. The molecule has 0 saturated heterocycles. The highest BCUT2D eigenvalue weighted by atomic mass is 16.5. The van der Waals surface area contributed by atoms with Gasteiger partial charge < -0.3 is 4.74 Å². The van der Waals surface area contributed by atoms with Gasteiger partial charge in [-0.2, -0.15) is 0 Å². The minimum Gasteiger partial charge on any atom is -0.473 e. The molecule has 0 aliphatic rings. The Hall–Kier alpha value is -2.28. The van der Waals surface area contributed by atoms with Crippen LogP contribution in [-0.2, 0) is 4.74 Å². The van der Waals surface area contributed by atoms with E-state index in [1.807, 2.05) is 26.0 Å². The lowest BCUT2D eigenvalue weighted by Gasteiger charge is -2.12. The van der Waals surface area contributed by atoms with Crippen molar-refractivity contribution in [1.82, 2.24) is 0 Å². The predicted molar refractivity (Wildman–Crippen MR) is 102 cm³/mol. The van der Waals surface area contributed by atoms with Gasteiger partial charge in [0.05, 0.1) is 12.5 Å². The zero-order chi connectivity index (χ0) is 17.2. The van der Waals surface area contributed by atoms with Gasteiger partial charge in [0, 0.05) is 0 Å². The van der Waals surface area contributed by atoms with Gasteiger partial charge in [0.2, 0.25) is 0 Å². The van der Waals surface area contributed by atoms with Crippen LogP contribution < -0.4 is 0 Å². The Morgan fingerprint density at radius 2 is 1.04 bits per heavy atom. The number of benzene rings is 2. The molecule has 0 aliphatic carbocycles. The smallest absolute Gasteiger partial charge is 0.0858 e. The largest absolute Gasteiger partial charge is 0.473 e. The first-order valence-corrected chi connectivity index (χ1v) is 8.03. The molecule has 0 bridgehead atoms. The minimum atomic E-state index is 1.36. The van der Waals surface area contributed by atoms with Gasteiger partial charge in [-0.3, -0.25) is 0 Å². The number of rotatable bonds is 3. The summed E-state index contributed by atoms with van der Waals surface area (Å²) in [5.74, 6) is 0. The summed E-state index contributed by atoms with van der Waals surface area (Å²) >= 11 is 0. The van der Waals surface area contributed by atoms with Crippen LogP contribution in [0.15, 0.2) is 61.1 Å². The number of allylic oxidation sites excluding steroid dienone is 2. The van der Waals surface area contributed by atoms with Crippen LogP contribution in [0.25, 0.3) is 11.1 Å². The van der Waals surface area contributed by atoms with E-state index in [0.717, 1.165) is 0 Å². The van der Waals surface area contributed by atoms with Crippen LogP contribution in [-0.4, -0.2) is 0 Å². The molecule has 0 saturated carbocycles. The highest BCUT2D eigenvalue weighted by Gasteiger charge is 2.07. The number of ether oxygens (including phenoxy) is 1. The van der Waals surface area contributed by atoms with Crippen LogP contribution in [0, 0.1) is 27.7 Å². The summed E-state index contributed by atoms with van der Waals surface area (Å²) in [4.78, 5) is 0. The maximum absolute atomic E-state index is 4.77. The maximum Gasteiger partial charge on any atom is 0.0858 e. The van der Waals surface area contributed by atoms with Gasteiger partial charge in [-0.05, 0) is 74.9 Å². The third-order valence-electron chi connectivity index (χ3n) is 3.93. The van der Waals surface area contributed by atoms with Crippen LogP contribution in [0.2, 0.25) is 0 Å². The summed E-state index contributed by atoms with van der Waals surface area (Å²) in [6.45, 7) is 12.6. The third-order valence-corrected chi connectivity index (χ3v) is 3.93. The molecule has 0 fully saturated rings. The predicted octanol–water partition coefficient (Wildman–Crippen LogP) is 6.66. The Labute approximate surface area is 141 Å². The van der Waals surface area contributed by atoms with Gasteiger partial charge in [0.25, 0.3) is 0 Å². The van der Waals surface area contributed by atoms with Crippen LogP contribution in [0.4, 0.5) is 0 Å². The molecule has 0 radical (unpaired) electrons. The fourth-order valence-electron chi connectivity index (χ4n) is 2.29. The van der Waals surface area contributed by atoms with E-state index >= 15 is 0 Å². The molecule has 0 unspecified atom stereocenters. The van der Waals surface area contributed by atoms with Crippen molar-refractivity contribution in [3.05, 3.63) is 83.3 Å². The monoisotopic (exact) mass is 308 g/mol. The van der Waals surface area contributed by atoms with Crippen LogP contribution in [0.1, 0.15) is 36.1 Å². The van der Waals surface area contributed by atoms with Crippen LogP contribution in [0.5, 0.6) is 0 Å². The minimum absolute atomic E-state index is 1.36. The summed E-state index contributed by atoms with van der Waals surface area (Å²) in [5.41, 5.74) is 8.21. The highest BCUT2D eigenvalue weighted by Crippen LogP contribution is 2.29. The first-order chi connectivity index (χ1) is 11.0. The molecule has 0 amide bonds. The second-order valence-electron chi connectivity index (χ2n) is 5.57. The van der Waals surface area contributed by atoms with Gasteiger partial charge in [-0.15, -0.1) is 0 Å². The summed E-state index contributed by atoms with van der Waals surface area (Å²) in [6.07, 6.45) is 6.92. The lowest BCUT2D eigenvalue weighted by atomic mass is 9.92. The first-order valence-electron chi connectivity index (χ1n) is 8.03. The van der Waals surface area contributed by atoms with Gasteiger partial charge in [0.15, 0.2) is 0 Å². The van der Waals surface area contributed by atoms with Gasteiger partial charge >= 0.3 is 0 Å². The average molecular weight is 308 g/mol. The van der Waals surface area contributed by atoms with Crippen LogP contribution in [0.3, 0.4) is 0 Å². The lowest BCUT2D eigenvalue weighted by Crippen LogP contribution is -1.91. The van der Waals surface area contributed by atoms with Crippen molar-refractivity contribution in [2.24, 2.45) is 0 Å². The van der Waals surface area contributed by atoms with Crippen molar-refractivity contribution >= 4 is 0 Å². The SMILES string of the molecule is C/C=C\O/C=C\C.Cc1cccc(-c2cccc(C)c2C)c1C. The Morgan fingerprint density at radius 1 is 0.652 bits per heavy atom. The van der Waals surface area contributed by atoms with Crippen molar-refractivity contribution < 1.29 is 4.74 Å². The van der Waals surface area contributed by atoms with E-state index in [1.165, 1.54) is 33.4 Å². The molecular weight excluding hydrogens is 280 g/mol. The van der Waals surface area contributed by atoms with E-state index in [0.29, 0.717) is 0 Å². The zero-order valence-corrected chi connectivity index (χ0v) is 15.2. The fraction of sp³-hybridized carbons (Fsp3) is 0.273. The average Bonchev–Trinajstić information content (AvgIpc) is 2.54. The van der Waals surface area contributed by atoms with Crippen molar-refractivity contribution in [2.45, 2.75) is 41.5 Å². The van der Waals surface area contributed by atoms with Gasteiger partial charge in [-0.1, -0.05) is 48.6 Å². The fourth-order valence-corrected chi connectivity index (χ4v) is 2.29. The first kappa shape index (κ1) is 18.8. The molecular formula is C22H28O. The summed E-state index contributed by atoms with van der Waals surface area (Å²) in [5, 5.41) is 0. The Bertz CT molecular complexity index is 619. The van der Waals surface area contributed by atoms with Crippen molar-refractivity contribution in [2.75, 3.05) is 0 Å². The topological polar surface area (TPSA) is 9.23 Å². The van der Waals surface area contributed by atoms with Gasteiger partial charge in [-0.25, -0.2) is 0 Å². The lowest BCUT2D eigenvalue weighted by molar-refractivity contribution is 0.401. The van der Waals surface area contributed by atoms with Crippen LogP contribution >= 0.6 is 0 Å². The zero-order valence-electron chi connectivity index (χ0n) is 15.2. The molecule has 23 heavy (non-hydrogen) atoms. The quantitative estimate of drug-likeness (QED) is 0.576. The number of aryl methyl sites for hydroxylation is 2. The Morgan fingerprint density at radius 3 is 1.39 bits per heavy atom.